The molecule has 3 aromatic heterocycles. The van der Waals surface area contributed by atoms with E-state index >= 15 is 4.39 Å². The Morgan fingerprint density at radius 2 is 1.98 bits per heavy atom. The van der Waals surface area contributed by atoms with Crippen molar-refractivity contribution in [1.82, 2.24) is 19.1 Å². The maximum Gasteiger partial charge on any atom is 0.338 e. The zero-order chi connectivity index (χ0) is 30.1. The van der Waals surface area contributed by atoms with E-state index in [2.05, 4.69) is 9.97 Å². The van der Waals surface area contributed by atoms with E-state index < -0.39 is 23.2 Å². The Morgan fingerprint density at radius 3 is 2.67 bits per heavy atom. The van der Waals surface area contributed by atoms with E-state index in [1.165, 1.54) is 34.9 Å². The second kappa shape index (κ2) is 11.5. The van der Waals surface area contributed by atoms with Crippen molar-refractivity contribution in [2.45, 2.75) is 32.2 Å². The van der Waals surface area contributed by atoms with Crippen LogP contribution in [-0.4, -0.2) is 42.9 Å². The maximum absolute atomic E-state index is 15.3. The molecule has 4 heterocycles. The van der Waals surface area contributed by atoms with Crippen LogP contribution >= 0.6 is 0 Å². The van der Waals surface area contributed by atoms with Crippen molar-refractivity contribution in [3.05, 3.63) is 111 Å². The summed E-state index contributed by atoms with van der Waals surface area (Å²) in [6, 6.07) is 16.7. The van der Waals surface area contributed by atoms with E-state index in [1.54, 1.807) is 35.0 Å². The molecule has 5 aromatic rings. The Bertz CT molecular complexity index is 1980. The Morgan fingerprint density at radius 1 is 1.14 bits per heavy atom. The molecule has 1 aliphatic rings. The maximum atomic E-state index is 15.3. The average molecular weight is 584 g/mol. The summed E-state index contributed by atoms with van der Waals surface area (Å²) in [5, 5.41) is 18.3. The highest BCUT2D eigenvalue weighted by atomic mass is 19.1. The number of pyridine rings is 2. The summed E-state index contributed by atoms with van der Waals surface area (Å²) < 4.78 is 43.7. The molecule has 0 bridgehead atoms. The van der Waals surface area contributed by atoms with Gasteiger partial charge >= 0.3 is 5.97 Å². The number of nitriles is 1. The van der Waals surface area contributed by atoms with Gasteiger partial charge in [0.2, 0.25) is 5.88 Å². The van der Waals surface area contributed by atoms with Crippen molar-refractivity contribution >= 4 is 17.0 Å². The molecule has 1 fully saturated rings. The predicted molar refractivity (Wildman–Crippen MR) is 149 cm³/mol. The van der Waals surface area contributed by atoms with Crippen molar-refractivity contribution in [1.29, 1.82) is 5.26 Å². The Hall–Kier alpha value is -5.41. The van der Waals surface area contributed by atoms with Gasteiger partial charge in [-0.3, -0.25) is 4.79 Å². The van der Waals surface area contributed by atoms with Crippen LogP contribution in [0.5, 0.6) is 5.88 Å². The van der Waals surface area contributed by atoms with E-state index in [1.807, 2.05) is 6.07 Å². The van der Waals surface area contributed by atoms with Crippen LogP contribution in [-0.2, 0) is 24.4 Å². The summed E-state index contributed by atoms with van der Waals surface area (Å²) in [7, 11) is 0. The summed E-state index contributed by atoms with van der Waals surface area (Å²) >= 11 is 0. The first-order valence-electron chi connectivity index (χ1n) is 13.3. The molecule has 0 aliphatic carbocycles. The molecule has 43 heavy (non-hydrogen) atoms. The molecule has 10 nitrogen and oxygen atoms in total. The number of fused-ring (bicyclic) bond motifs is 1. The number of imidazole rings is 1. The van der Waals surface area contributed by atoms with Crippen LogP contribution in [0.15, 0.2) is 71.7 Å². The first kappa shape index (κ1) is 27.7. The number of aromatic carboxylic acids is 1. The molecule has 1 N–H and O–H groups in total. The second-order valence-corrected chi connectivity index (χ2v) is 9.97. The average Bonchev–Trinajstić information content (AvgIpc) is 3.32. The van der Waals surface area contributed by atoms with Gasteiger partial charge in [-0.15, -0.1) is 0 Å². The zero-order valence-corrected chi connectivity index (χ0v) is 22.5. The number of carboxylic acids is 1. The molecule has 1 unspecified atom stereocenters. The number of halogens is 2. The minimum absolute atomic E-state index is 0.00902. The van der Waals surface area contributed by atoms with Crippen LogP contribution < -0.4 is 10.3 Å². The number of rotatable bonds is 9. The summed E-state index contributed by atoms with van der Waals surface area (Å²) in [5.74, 6) is -2.23. The van der Waals surface area contributed by atoms with Gasteiger partial charge < -0.3 is 23.7 Å². The first-order valence-corrected chi connectivity index (χ1v) is 13.3. The van der Waals surface area contributed by atoms with Crippen LogP contribution in [0.25, 0.3) is 22.3 Å². The number of carboxylic acid groups (broad SMARTS) is 1. The minimum atomic E-state index is -1.38. The molecule has 1 aliphatic heterocycles. The van der Waals surface area contributed by atoms with Crippen LogP contribution in [0.4, 0.5) is 8.78 Å². The number of benzene rings is 2. The fourth-order valence-corrected chi connectivity index (χ4v) is 4.84. The third kappa shape index (κ3) is 5.58. The molecule has 0 saturated carbocycles. The van der Waals surface area contributed by atoms with Gasteiger partial charge in [0.05, 0.1) is 47.6 Å². The summed E-state index contributed by atoms with van der Waals surface area (Å²) in [5.41, 5.74) is 0.959. The van der Waals surface area contributed by atoms with Gasteiger partial charge in [-0.25, -0.2) is 23.5 Å². The van der Waals surface area contributed by atoms with Crippen LogP contribution in [0, 0.1) is 23.0 Å². The lowest BCUT2D eigenvalue weighted by Crippen LogP contribution is -2.32. The van der Waals surface area contributed by atoms with Crippen LogP contribution in [0.2, 0.25) is 0 Å². The number of hydrogen-bond donors (Lipinski definition) is 1. The molecule has 1 saturated heterocycles. The number of carbonyl (C=O) groups is 1. The summed E-state index contributed by atoms with van der Waals surface area (Å²) in [6.45, 7) is 0.761. The molecule has 0 radical (unpaired) electrons. The fraction of sp³-hybridized carbons (Fsp3) is 0.194. The summed E-state index contributed by atoms with van der Waals surface area (Å²) in [4.78, 5) is 33.6. The van der Waals surface area contributed by atoms with E-state index in [-0.39, 0.29) is 59.4 Å². The number of hydrogen-bond acceptors (Lipinski definition) is 7. The molecular formula is C31H23F2N5O5. The predicted octanol–water partition coefficient (Wildman–Crippen LogP) is 4.52. The minimum Gasteiger partial charge on any atom is -0.478 e. The van der Waals surface area contributed by atoms with Gasteiger partial charge in [0.1, 0.15) is 23.8 Å². The van der Waals surface area contributed by atoms with Gasteiger partial charge in [-0.1, -0.05) is 12.1 Å². The third-order valence-electron chi connectivity index (χ3n) is 7.22. The molecule has 12 heteroatoms. The lowest BCUT2D eigenvalue weighted by molar-refractivity contribution is -0.0590. The number of nitrogens with zero attached hydrogens (tertiary/aromatic N) is 5. The summed E-state index contributed by atoms with van der Waals surface area (Å²) in [6.07, 6.45) is 2.17. The standard InChI is InChI=1S/C31H23F2N5O5/c32-23-12-18(14-34)4-5-20(23)17-43-27-3-1-2-24(36-27)19-8-10-37(28(39)13-19)16-26-35-25-7-6-22(31(40)41)29(33)30(25)38(26)15-21-9-11-42-21/h1-8,10,12-13,21H,9,11,15-17H2,(H,40,41). The molecular weight excluding hydrogens is 560 g/mol. The van der Waals surface area contributed by atoms with E-state index in [9.17, 15) is 19.1 Å². The van der Waals surface area contributed by atoms with Gasteiger partial charge in [-0.2, -0.15) is 5.26 Å². The molecule has 2 aromatic carbocycles. The SMILES string of the molecule is N#Cc1ccc(COc2cccc(-c3ccn(Cc4nc5ccc(C(=O)O)c(F)c5n4CC4CCO4)c(=O)c3)n2)c(F)c1. The van der Waals surface area contributed by atoms with Gasteiger partial charge in [-0.05, 0) is 42.8 Å². The van der Waals surface area contributed by atoms with Crippen LogP contribution in [0.1, 0.15) is 33.7 Å². The fourth-order valence-electron chi connectivity index (χ4n) is 4.84. The van der Waals surface area contributed by atoms with Gasteiger partial charge in [0.15, 0.2) is 5.82 Å². The number of ether oxygens (including phenoxy) is 2. The highest BCUT2D eigenvalue weighted by Gasteiger charge is 2.25. The van der Waals surface area contributed by atoms with Crippen molar-refractivity contribution < 1.29 is 28.2 Å². The third-order valence-corrected chi connectivity index (χ3v) is 7.22. The van der Waals surface area contributed by atoms with Crippen molar-refractivity contribution in [3.8, 4) is 23.2 Å². The Kier molecular flexibility index (Phi) is 7.40. The highest BCUT2D eigenvalue weighted by molar-refractivity contribution is 5.93. The topological polar surface area (TPSA) is 132 Å². The van der Waals surface area contributed by atoms with E-state index in [0.29, 0.717) is 23.7 Å². The Labute approximate surface area is 243 Å². The quantitative estimate of drug-likeness (QED) is 0.268. The normalized spacial score (nSPS) is 14.3. The lowest BCUT2D eigenvalue weighted by Gasteiger charge is -2.27. The van der Waals surface area contributed by atoms with Crippen LogP contribution in [0.3, 0.4) is 0 Å². The molecule has 0 spiro atoms. The molecule has 216 valence electrons. The second-order valence-electron chi connectivity index (χ2n) is 9.97. The monoisotopic (exact) mass is 583 g/mol. The van der Waals surface area contributed by atoms with Crippen molar-refractivity contribution in [3.63, 3.8) is 0 Å². The molecule has 1 atom stereocenters. The molecule has 0 amide bonds. The van der Waals surface area contributed by atoms with Gasteiger partial charge in [0.25, 0.3) is 5.56 Å². The number of aromatic nitrogens is 4. The smallest absolute Gasteiger partial charge is 0.338 e. The lowest BCUT2D eigenvalue weighted by atomic mass is 10.1. The zero-order valence-electron chi connectivity index (χ0n) is 22.5. The first-order chi connectivity index (χ1) is 20.8. The van der Waals surface area contributed by atoms with E-state index in [0.717, 1.165) is 12.5 Å². The van der Waals surface area contributed by atoms with Crippen molar-refractivity contribution in [2.75, 3.05) is 6.61 Å². The largest absolute Gasteiger partial charge is 0.478 e. The Balaban J connectivity index is 1.25. The molecule has 6 rings (SSSR count). The van der Waals surface area contributed by atoms with Crippen molar-refractivity contribution in [2.24, 2.45) is 0 Å². The van der Waals surface area contributed by atoms with E-state index in [4.69, 9.17) is 14.7 Å². The highest BCUT2D eigenvalue weighted by Crippen LogP contribution is 2.26. The van der Waals surface area contributed by atoms with Gasteiger partial charge in [0, 0.05) is 36.1 Å².